The molecule has 5 nitrogen and oxygen atoms in total. The Morgan fingerprint density at radius 2 is 1.71 bits per heavy atom. The highest BCUT2D eigenvalue weighted by atomic mass is 16.6. The molecule has 0 heterocycles. The van der Waals surface area contributed by atoms with Crippen LogP contribution in [0.4, 0.5) is 4.79 Å². The van der Waals surface area contributed by atoms with Gasteiger partial charge in [0.1, 0.15) is 11.6 Å². The third kappa shape index (κ3) is 6.14. The van der Waals surface area contributed by atoms with Crippen molar-refractivity contribution in [3.8, 4) is 0 Å². The fraction of sp³-hybridized carbons (Fsp3) is 0.833. The van der Waals surface area contributed by atoms with Gasteiger partial charge in [-0.05, 0) is 26.7 Å². The summed E-state index contributed by atoms with van der Waals surface area (Å²) in [6.07, 6.45) is 0.952. The van der Waals surface area contributed by atoms with E-state index < -0.39 is 23.6 Å². The van der Waals surface area contributed by atoms with Gasteiger partial charge in [0.2, 0.25) is 5.91 Å². The van der Waals surface area contributed by atoms with Gasteiger partial charge < -0.3 is 15.8 Å². The van der Waals surface area contributed by atoms with Gasteiger partial charge in [0, 0.05) is 0 Å². The molecule has 100 valence electrons. The van der Waals surface area contributed by atoms with E-state index in [9.17, 15) is 9.59 Å². The summed E-state index contributed by atoms with van der Waals surface area (Å²) in [5.41, 5.74) is 4.71. The van der Waals surface area contributed by atoms with Gasteiger partial charge in [0.25, 0.3) is 0 Å². The molecular formula is C12H24N2O3. The van der Waals surface area contributed by atoms with Crippen LogP contribution in [0.3, 0.4) is 0 Å². The Morgan fingerprint density at radius 1 is 1.24 bits per heavy atom. The SMILES string of the molecule is CCC(CC)C(NC(=O)OC(C)(C)C)C(N)=O. The second-order valence-electron chi connectivity index (χ2n) is 5.10. The van der Waals surface area contributed by atoms with Crippen LogP contribution >= 0.6 is 0 Å². The van der Waals surface area contributed by atoms with Gasteiger partial charge in [-0.1, -0.05) is 26.7 Å². The Kier molecular flexibility index (Phi) is 5.99. The zero-order valence-corrected chi connectivity index (χ0v) is 11.4. The molecule has 0 rings (SSSR count). The van der Waals surface area contributed by atoms with Gasteiger partial charge >= 0.3 is 6.09 Å². The van der Waals surface area contributed by atoms with Crippen LogP contribution in [0.1, 0.15) is 47.5 Å². The first-order valence-electron chi connectivity index (χ1n) is 6.00. The summed E-state index contributed by atoms with van der Waals surface area (Å²) in [6, 6.07) is -0.667. The van der Waals surface area contributed by atoms with Crippen LogP contribution in [-0.2, 0) is 9.53 Å². The number of rotatable bonds is 5. The highest BCUT2D eigenvalue weighted by Gasteiger charge is 2.27. The largest absolute Gasteiger partial charge is 0.444 e. The van der Waals surface area contributed by atoms with Crippen molar-refractivity contribution in [2.45, 2.75) is 59.1 Å². The number of carbonyl (C=O) groups is 2. The molecule has 0 aliphatic carbocycles. The van der Waals surface area contributed by atoms with Gasteiger partial charge in [-0.2, -0.15) is 0 Å². The van der Waals surface area contributed by atoms with Crippen molar-refractivity contribution in [3.63, 3.8) is 0 Å². The smallest absolute Gasteiger partial charge is 0.408 e. The minimum absolute atomic E-state index is 0.0417. The molecule has 0 saturated heterocycles. The monoisotopic (exact) mass is 244 g/mol. The highest BCUT2D eigenvalue weighted by molar-refractivity contribution is 5.84. The van der Waals surface area contributed by atoms with Crippen molar-refractivity contribution in [3.05, 3.63) is 0 Å². The lowest BCUT2D eigenvalue weighted by Crippen LogP contribution is -2.50. The molecule has 2 amide bonds. The zero-order chi connectivity index (χ0) is 13.6. The second kappa shape index (κ2) is 6.47. The summed E-state index contributed by atoms with van der Waals surface area (Å²) in [4.78, 5) is 22.9. The van der Waals surface area contributed by atoms with E-state index in [-0.39, 0.29) is 5.92 Å². The molecule has 5 heteroatoms. The number of alkyl carbamates (subject to hydrolysis) is 1. The Morgan fingerprint density at radius 3 is 2.00 bits per heavy atom. The Bertz CT molecular complexity index is 267. The van der Waals surface area contributed by atoms with Crippen molar-refractivity contribution in [2.75, 3.05) is 0 Å². The first-order valence-corrected chi connectivity index (χ1v) is 6.00. The molecule has 0 aromatic heterocycles. The first-order chi connectivity index (χ1) is 7.71. The molecule has 3 N–H and O–H groups in total. The van der Waals surface area contributed by atoms with Crippen LogP contribution in [-0.4, -0.2) is 23.6 Å². The molecule has 0 radical (unpaired) electrons. The molecule has 0 fully saturated rings. The van der Waals surface area contributed by atoms with Gasteiger partial charge in [-0.15, -0.1) is 0 Å². The lowest BCUT2D eigenvalue weighted by Gasteiger charge is -2.26. The zero-order valence-electron chi connectivity index (χ0n) is 11.4. The number of hydrogen-bond acceptors (Lipinski definition) is 3. The Balaban J connectivity index is 4.56. The maximum absolute atomic E-state index is 11.6. The van der Waals surface area contributed by atoms with Gasteiger partial charge in [0.15, 0.2) is 0 Å². The van der Waals surface area contributed by atoms with E-state index in [0.29, 0.717) is 0 Å². The first kappa shape index (κ1) is 15.7. The number of hydrogen-bond donors (Lipinski definition) is 2. The highest BCUT2D eigenvalue weighted by Crippen LogP contribution is 2.14. The average molecular weight is 244 g/mol. The molecule has 0 aromatic rings. The molecule has 0 spiro atoms. The van der Waals surface area contributed by atoms with Gasteiger partial charge in [-0.3, -0.25) is 4.79 Å². The third-order valence-electron chi connectivity index (χ3n) is 2.50. The summed E-state index contributed by atoms with van der Waals surface area (Å²) in [7, 11) is 0. The van der Waals surface area contributed by atoms with Gasteiger partial charge in [0.05, 0.1) is 0 Å². The van der Waals surface area contributed by atoms with Crippen LogP contribution in [0.25, 0.3) is 0 Å². The minimum atomic E-state index is -0.667. The topological polar surface area (TPSA) is 81.4 Å². The second-order valence-corrected chi connectivity index (χ2v) is 5.10. The molecule has 1 unspecified atom stereocenters. The maximum Gasteiger partial charge on any atom is 0.408 e. The van der Waals surface area contributed by atoms with E-state index in [1.807, 2.05) is 13.8 Å². The van der Waals surface area contributed by atoms with Crippen LogP contribution in [0.15, 0.2) is 0 Å². The molecular weight excluding hydrogens is 220 g/mol. The Hall–Kier alpha value is -1.26. The fourth-order valence-corrected chi connectivity index (χ4v) is 1.62. The lowest BCUT2D eigenvalue weighted by molar-refractivity contribution is -0.121. The van der Waals surface area contributed by atoms with Gasteiger partial charge in [-0.25, -0.2) is 4.79 Å². The predicted octanol–water partition coefficient (Wildman–Crippen LogP) is 1.80. The number of ether oxygens (including phenoxy) is 1. The van der Waals surface area contributed by atoms with E-state index in [2.05, 4.69) is 5.32 Å². The quantitative estimate of drug-likeness (QED) is 0.773. The van der Waals surface area contributed by atoms with Crippen molar-refractivity contribution in [1.82, 2.24) is 5.32 Å². The summed E-state index contributed by atoms with van der Waals surface area (Å²) >= 11 is 0. The van der Waals surface area contributed by atoms with Crippen molar-refractivity contribution >= 4 is 12.0 Å². The average Bonchev–Trinajstić information content (AvgIpc) is 2.14. The van der Waals surface area contributed by atoms with Crippen LogP contribution in [0.5, 0.6) is 0 Å². The normalized spacial score (nSPS) is 13.3. The maximum atomic E-state index is 11.6. The molecule has 0 aliphatic rings. The minimum Gasteiger partial charge on any atom is -0.444 e. The summed E-state index contributed by atoms with van der Waals surface area (Å²) < 4.78 is 5.10. The van der Waals surface area contributed by atoms with E-state index in [1.54, 1.807) is 20.8 Å². The standard InChI is InChI=1S/C12H24N2O3/c1-6-8(7-2)9(10(13)15)14-11(16)17-12(3,4)5/h8-9H,6-7H2,1-5H3,(H2,13,15)(H,14,16). The van der Waals surface area contributed by atoms with E-state index >= 15 is 0 Å². The summed E-state index contributed by atoms with van der Waals surface area (Å²) in [6.45, 7) is 9.22. The number of amides is 2. The van der Waals surface area contributed by atoms with Crippen LogP contribution in [0.2, 0.25) is 0 Å². The number of carbonyl (C=O) groups excluding carboxylic acids is 2. The van der Waals surface area contributed by atoms with Crippen molar-refractivity contribution in [2.24, 2.45) is 11.7 Å². The summed E-state index contributed by atoms with van der Waals surface area (Å²) in [5, 5.41) is 2.54. The number of nitrogens with two attached hydrogens (primary N) is 1. The molecule has 1 atom stereocenters. The lowest BCUT2D eigenvalue weighted by atomic mass is 9.94. The predicted molar refractivity (Wildman–Crippen MR) is 66.4 cm³/mol. The summed E-state index contributed by atoms with van der Waals surface area (Å²) in [5.74, 6) is -0.482. The van der Waals surface area contributed by atoms with E-state index in [0.717, 1.165) is 12.8 Å². The molecule has 0 aliphatic heterocycles. The molecule has 0 bridgehead atoms. The van der Waals surface area contributed by atoms with Crippen LogP contribution < -0.4 is 11.1 Å². The number of primary amides is 1. The van der Waals surface area contributed by atoms with Crippen LogP contribution in [0, 0.1) is 5.92 Å². The van der Waals surface area contributed by atoms with E-state index in [1.165, 1.54) is 0 Å². The van der Waals surface area contributed by atoms with Crippen molar-refractivity contribution < 1.29 is 14.3 Å². The Labute approximate surface area is 103 Å². The number of nitrogens with one attached hydrogen (secondary N) is 1. The molecule has 0 saturated carbocycles. The van der Waals surface area contributed by atoms with Crippen molar-refractivity contribution in [1.29, 1.82) is 0 Å². The third-order valence-corrected chi connectivity index (χ3v) is 2.50. The molecule has 17 heavy (non-hydrogen) atoms. The fourth-order valence-electron chi connectivity index (χ4n) is 1.62. The van der Waals surface area contributed by atoms with E-state index in [4.69, 9.17) is 10.5 Å². The molecule has 0 aromatic carbocycles.